The molecule has 2 aromatic carbocycles. The van der Waals surface area contributed by atoms with E-state index in [9.17, 15) is 14.0 Å². The monoisotopic (exact) mass is 354 g/mol. The quantitative estimate of drug-likeness (QED) is 0.915. The first kappa shape index (κ1) is 18.1. The zero-order valence-corrected chi connectivity index (χ0v) is 14.9. The minimum absolute atomic E-state index is 0.0468. The molecule has 0 saturated carbocycles. The molecule has 0 unspecified atom stereocenters. The van der Waals surface area contributed by atoms with Gasteiger partial charge in [0.2, 0.25) is 5.91 Å². The summed E-state index contributed by atoms with van der Waals surface area (Å²) >= 11 is 0. The number of nitrogens with zero attached hydrogens (tertiary/aromatic N) is 1. The molecule has 0 radical (unpaired) electrons. The Morgan fingerprint density at radius 3 is 2.65 bits per heavy atom. The number of hydrogen-bond acceptors (Lipinski definition) is 2. The van der Waals surface area contributed by atoms with Crippen LogP contribution < -0.4 is 5.32 Å². The first-order valence-corrected chi connectivity index (χ1v) is 8.85. The van der Waals surface area contributed by atoms with Gasteiger partial charge in [0.1, 0.15) is 5.82 Å². The third-order valence-corrected chi connectivity index (χ3v) is 4.89. The maximum Gasteiger partial charge on any atom is 0.253 e. The Hall–Kier alpha value is -2.69. The van der Waals surface area contributed by atoms with Gasteiger partial charge in [-0.3, -0.25) is 9.59 Å². The predicted molar refractivity (Wildman–Crippen MR) is 97.9 cm³/mol. The van der Waals surface area contributed by atoms with E-state index in [0.717, 1.165) is 18.4 Å². The smallest absolute Gasteiger partial charge is 0.253 e. The van der Waals surface area contributed by atoms with E-state index in [4.69, 9.17) is 0 Å². The average molecular weight is 354 g/mol. The van der Waals surface area contributed by atoms with Gasteiger partial charge in [-0.15, -0.1) is 0 Å². The molecule has 136 valence electrons. The highest BCUT2D eigenvalue weighted by Crippen LogP contribution is 2.30. The topological polar surface area (TPSA) is 49.4 Å². The lowest BCUT2D eigenvalue weighted by Crippen LogP contribution is -2.51. The zero-order chi connectivity index (χ0) is 18.6. The van der Waals surface area contributed by atoms with Gasteiger partial charge in [-0.1, -0.05) is 30.3 Å². The van der Waals surface area contributed by atoms with E-state index in [1.54, 1.807) is 29.2 Å². The van der Waals surface area contributed by atoms with Crippen LogP contribution in [0.15, 0.2) is 54.6 Å². The van der Waals surface area contributed by atoms with E-state index in [1.807, 2.05) is 25.1 Å². The van der Waals surface area contributed by atoms with Gasteiger partial charge >= 0.3 is 0 Å². The molecule has 3 rings (SSSR count). The highest BCUT2D eigenvalue weighted by molar-refractivity contribution is 5.95. The fourth-order valence-corrected chi connectivity index (χ4v) is 3.40. The van der Waals surface area contributed by atoms with Gasteiger partial charge in [-0.25, -0.2) is 4.39 Å². The van der Waals surface area contributed by atoms with Gasteiger partial charge in [-0.2, -0.15) is 0 Å². The van der Waals surface area contributed by atoms with Gasteiger partial charge in [0.25, 0.3) is 5.91 Å². The number of halogens is 1. The van der Waals surface area contributed by atoms with Crippen molar-refractivity contribution in [1.82, 2.24) is 10.2 Å². The van der Waals surface area contributed by atoms with Crippen LogP contribution in [0.2, 0.25) is 0 Å². The van der Waals surface area contributed by atoms with E-state index in [1.165, 1.54) is 12.1 Å². The number of hydrogen-bond donors (Lipinski definition) is 1. The van der Waals surface area contributed by atoms with Gasteiger partial charge in [-0.05, 0) is 49.6 Å². The lowest BCUT2D eigenvalue weighted by Gasteiger charge is -2.39. The number of carbonyl (C=O) groups excluding carboxylic acids is 2. The van der Waals surface area contributed by atoms with Crippen LogP contribution in [0, 0.1) is 11.2 Å². The van der Waals surface area contributed by atoms with Gasteiger partial charge in [0, 0.05) is 25.2 Å². The summed E-state index contributed by atoms with van der Waals surface area (Å²) in [6.07, 6.45) is 1.50. The number of nitrogens with one attached hydrogen (secondary N) is 1. The standard InChI is InChI=1S/C21H23FN2O2/c1-21(20(26)23-14-16-7-5-10-18(22)13-16)11-6-12-24(15-21)19(25)17-8-3-2-4-9-17/h2-5,7-10,13H,6,11-12,14-15H2,1H3,(H,23,26)/t21-/m0/s1. The molecule has 26 heavy (non-hydrogen) atoms. The summed E-state index contributed by atoms with van der Waals surface area (Å²) in [7, 11) is 0. The van der Waals surface area contributed by atoms with Crippen LogP contribution in [-0.2, 0) is 11.3 Å². The Morgan fingerprint density at radius 1 is 1.15 bits per heavy atom. The molecule has 4 nitrogen and oxygen atoms in total. The van der Waals surface area contributed by atoms with E-state index >= 15 is 0 Å². The van der Waals surface area contributed by atoms with Crippen LogP contribution in [0.4, 0.5) is 4.39 Å². The molecular weight excluding hydrogens is 331 g/mol. The number of rotatable bonds is 4. The van der Waals surface area contributed by atoms with Crippen LogP contribution in [-0.4, -0.2) is 29.8 Å². The van der Waals surface area contributed by atoms with Gasteiger partial charge < -0.3 is 10.2 Å². The van der Waals surface area contributed by atoms with Crippen LogP contribution in [0.5, 0.6) is 0 Å². The van der Waals surface area contributed by atoms with Crippen molar-refractivity contribution in [2.75, 3.05) is 13.1 Å². The molecular formula is C21H23FN2O2. The molecule has 1 atom stereocenters. The fraction of sp³-hybridized carbons (Fsp3) is 0.333. The normalized spacial score (nSPS) is 19.8. The fourth-order valence-electron chi connectivity index (χ4n) is 3.40. The third kappa shape index (κ3) is 4.10. The lowest BCUT2D eigenvalue weighted by molar-refractivity contribution is -0.132. The number of piperidine rings is 1. The van der Waals surface area contributed by atoms with Crippen molar-refractivity contribution >= 4 is 11.8 Å². The SMILES string of the molecule is C[C@]1(C(=O)NCc2cccc(F)c2)CCCN(C(=O)c2ccccc2)C1. The molecule has 2 amide bonds. The molecule has 1 saturated heterocycles. The summed E-state index contributed by atoms with van der Waals surface area (Å²) in [5.41, 5.74) is 0.711. The maximum atomic E-state index is 13.3. The summed E-state index contributed by atoms with van der Waals surface area (Å²) in [5.74, 6) is -0.470. The molecule has 1 fully saturated rings. The molecule has 1 aliphatic rings. The van der Waals surface area contributed by atoms with Crippen molar-refractivity contribution in [1.29, 1.82) is 0 Å². The first-order chi connectivity index (χ1) is 12.5. The van der Waals surface area contributed by atoms with Crippen molar-refractivity contribution < 1.29 is 14.0 Å². The molecule has 0 aliphatic carbocycles. The van der Waals surface area contributed by atoms with Crippen LogP contribution in [0.25, 0.3) is 0 Å². The number of carbonyl (C=O) groups is 2. The molecule has 1 heterocycles. The van der Waals surface area contributed by atoms with Crippen LogP contribution in [0.3, 0.4) is 0 Å². The number of likely N-dealkylation sites (tertiary alicyclic amines) is 1. The van der Waals surface area contributed by atoms with Crippen LogP contribution in [0.1, 0.15) is 35.7 Å². The highest BCUT2D eigenvalue weighted by Gasteiger charge is 2.39. The molecule has 1 aliphatic heterocycles. The summed E-state index contributed by atoms with van der Waals surface area (Å²) < 4.78 is 13.3. The largest absolute Gasteiger partial charge is 0.351 e. The average Bonchev–Trinajstić information content (AvgIpc) is 2.66. The minimum atomic E-state index is -0.643. The van der Waals surface area contributed by atoms with Gasteiger partial charge in [0.05, 0.1) is 5.41 Å². The first-order valence-electron chi connectivity index (χ1n) is 8.85. The molecule has 2 aromatic rings. The van der Waals surface area contributed by atoms with E-state index in [2.05, 4.69) is 5.32 Å². The van der Waals surface area contributed by atoms with Crippen molar-refractivity contribution in [3.8, 4) is 0 Å². The Morgan fingerprint density at radius 2 is 1.92 bits per heavy atom. The number of amides is 2. The lowest BCUT2D eigenvalue weighted by atomic mass is 9.80. The maximum absolute atomic E-state index is 13.3. The molecule has 0 spiro atoms. The second-order valence-corrected chi connectivity index (χ2v) is 7.07. The zero-order valence-electron chi connectivity index (χ0n) is 14.9. The predicted octanol–water partition coefficient (Wildman–Crippen LogP) is 3.38. The summed E-state index contributed by atoms with van der Waals surface area (Å²) in [6.45, 7) is 3.20. The Kier molecular flexibility index (Phi) is 5.35. The third-order valence-electron chi connectivity index (χ3n) is 4.89. The Balaban J connectivity index is 1.64. The molecule has 5 heteroatoms. The van der Waals surface area contributed by atoms with Crippen LogP contribution >= 0.6 is 0 Å². The summed E-state index contributed by atoms with van der Waals surface area (Å²) in [5, 5.41) is 2.89. The van der Waals surface area contributed by atoms with E-state index in [0.29, 0.717) is 18.7 Å². The van der Waals surface area contributed by atoms with Crippen molar-refractivity contribution in [3.63, 3.8) is 0 Å². The summed E-state index contributed by atoms with van der Waals surface area (Å²) in [4.78, 5) is 27.2. The summed E-state index contributed by atoms with van der Waals surface area (Å²) in [6, 6.07) is 15.3. The molecule has 0 bridgehead atoms. The van der Waals surface area contributed by atoms with Gasteiger partial charge in [0.15, 0.2) is 0 Å². The molecule has 0 aromatic heterocycles. The number of benzene rings is 2. The minimum Gasteiger partial charge on any atom is -0.351 e. The second-order valence-electron chi connectivity index (χ2n) is 7.07. The van der Waals surface area contributed by atoms with Crippen molar-refractivity contribution in [2.24, 2.45) is 5.41 Å². The van der Waals surface area contributed by atoms with E-state index < -0.39 is 5.41 Å². The second kappa shape index (κ2) is 7.68. The Labute approximate surface area is 153 Å². The Bertz CT molecular complexity index is 794. The van der Waals surface area contributed by atoms with Crippen molar-refractivity contribution in [2.45, 2.75) is 26.3 Å². The molecule has 1 N–H and O–H groups in total. The highest BCUT2D eigenvalue weighted by atomic mass is 19.1. The van der Waals surface area contributed by atoms with Crippen molar-refractivity contribution in [3.05, 3.63) is 71.5 Å². The van der Waals surface area contributed by atoms with E-state index in [-0.39, 0.29) is 24.2 Å².